The normalized spacial score (nSPS) is 38.2. The summed E-state index contributed by atoms with van der Waals surface area (Å²) in [7, 11) is 0. The lowest BCUT2D eigenvalue weighted by molar-refractivity contribution is -0.143. The summed E-state index contributed by atoms with van der Waals surface area (Å²) in [6, 6.07) is 0.493. The first-order valence-electron chi connectivity index (χ1n) is 6.74. The van der Waals surface area contributed by atoms with Crippen LogP contribution in [0.1, 0.15) is 39.0 Å². The van der Waals surface area contributed by atoms with Crippen molar-refractivity contribution < 1.29 is 14.6 Å². The van der Waals surface area contributed by atoms with Crippen LogP contribution in [-0.4, -0.2) is 36.4 Å². The Hall–Kier alpha value is -0.610. The maximum Gasteiger partial charge on any atom is 0.306 e. The first kappa shape index (κ1) is 12.8. The Morgan fingerprint density at radius 1 is 1.29 bits per heavy atom. The quantitative estimate of drug-likeness (QED) is 0.785. The van der Waals surface area contributed by atoms with Crippen LogP contribution in [0.15, 0.2) is 0 Å². The summed E-state index contributed by atoms with van der Waals surface area (Å²) in [6.45, 7) is 4.00. The van der Waals surface area contributed by atoms with Gasteiger partial charge in [0.05, 0.1) is 12.0 Å². The molecular weight excluding hydrogens is 218 g/mol. The van der Waals surface area contributed by atoms with Crippen molar-refractivity contribution in [3.05, 3.63) is 0 Å². The van der Waals surface area contributed by atoms with Crippen LogP contribution in [-0.2, 0) is 9.53 Å². The molecule has 2 fully saturated rings. The Bertz CT molecular complexity index is 261. The Morgan fingerprint density at radius 3 is 2.53 bits per heavy atom. The smallest absolute Gasteiger partial charge is 0.306 e. The molecule has 2 rings (SSSR count). The van der Waals surface area contributed by atoms with Crippen molar-refractivity contribution in [3.8, 4) is 0 Å². The van der Waals surface area contributed by atoms with Gasteiger partial charge in [-0.05, 0) is 51.5 Å². The molecule has 0 radical (unpaired) electrons. The molecule has 98 valence electrons. The maximum absolute atomic E-state index is 10.8. The van der Waals surface area contributed by atoms with Gasteiger partial charge in [0.15, 0.2) is 0 Å². The van der Waals surface area contributed by atoms with E-state index >= 15 is 0 Å². The van der Waals surface area contributed by atoms with Crippen molar-refractivity contribution in [2.24, 2.45) is 11.8 Å². The van der Waals surface area contributed by atoms with Crippen molar-refractivity contribution >= 4 is 5.97 Å². The molecule has 0 spiro atoms. The molecule has 2 atom stereocenters. The zero-order valence-electron chi connectivity index (χ0n) is 10.5. The highest BCUT2D eigenvalue weighted by Gasteiger charge is 2.28. The van der Waals surface area contributed by atoms with Crippen molar-refractivity contribution in [2.45, 2.75) is 51.2 Å². The van der Waals surface area contributed by atoms with Crippen LogP contribution in [0.5, 0.6) is 0 Å². The van der Waals surface area contributed by atoms with Gasteiger partial charge in [-0.1, -0.05) is 0 Å². The van der Waals surface area contributed by atoms with Crippen LogP contribution in [0.3, 0.4) is 0 Å². The van der Waals surface area contributed by atoms with Crippen molar-refractivity contribution in [1.82, 2.24) is 5.32 Å². The van der Waals surface area contributed by atoms with Gasteiger partial charge in [-0.15, -0.1) is 0 Å². The average Bonchev–Trinajstić information content (AvgIpc) is 2.73. The summed E-state index contributed by atoms with van der Waals surface area (Å²) >= 11 is 0. The Balaban J connectivity index is 1.66. The van der Waals surface area contributed by atoms with Gasteiger partial charge in [0.25, 0.3) is 0 Å². The van der Waals surface area contributed by atoms with Gasteiger partial charge in [0.1, 0.15) is 0 Å². The van der Waals surface area contributed by atoms with Crippen molar-refractivity contribution in [3.63, 3.8) is 0 Å². The minimum atomic E-state index is -0.616. The number of hydrogen-bond donors (Lipinski definition) is 2. The van der Waals surface area contributed by atoms with E-state index in [1.165, 1.54) is 0 Å². The number of hydrogen-bond acceptors (Lipinski definition) is 3. The van der Waals surface area contributed by atoms with Gasteiger partial charge < -0.3 is 15.2 Å². The predicted octanol–water partition coefficient (Wildman–Crippen LogP) is 1.64. The number of nitrogens with one attached hydrogen (secondary N) is 1. The molecular formula is C13H23NO3. The van der Waals surface area contributed by atoms with Gasteiger partial charge in [0.2, 0.25) is 0 Å². The van der Waals surface area contributed by atoms with E-state index in [0.717, 1.165) is 45.3 Å². The second-order valence-corrected chi connectivity index (χ2v) is 5.44. The van der Waals surface area contributed by atoms with E-state index in [1.54, 1.807) is 0 Å². The Labute approximate surface area is 103 Å². The summed E-state index contributed by atoms with van der Waals surface area (Å²) in [4.78, 5) is 10.8. The highest BCUT2D eigenvalue weighted by atomic mass is 16.5. The van der Waals surface area contributed by atoms with Crippen LogP contribution >= 0.6 is 0 Å². The third kappa shape index (κ3) is 3.42. The topological polar surface area (TPSA) is 58.6 Å². The van der Waals surface area contributed by atoms with Crippen molar-refractivity contribution in [1.29, 1.82) is 0 Å². The predicted molar refractivity (Wildman–Crippen MR) is 64.9 cm³/mol. The molecule has 0 aromatic rings. The molecule has 4 nitrogen and oxygen atoms in total. The Morgan fingerprint density at radius 2 is 2.00 bits per heavy atom. The number of carboxylic acid groups (broad SMARTS) is 1. The summed E-state index contributed by atoms with van der Waals surface area (Å²) < 4.78 is 5.51. The van der Waals surface area contributed by atoms with Gasteiger partial charge in [-0.25, -0.2) is 0 Å². The zero-order chi connectivity index (χ0) is 12.3. The number of rotatable bonds is 4. The maximum atomic E-state index is 10.8. The number of ether oxygens (including phenoxy) is 1. The minimum Gasteiger partial charge on any atom is -0.481 e. The lowest BCUT2D eigenvalue weighted by Crippen LogP contribution is -2.39. The average molecular weight is 241 g/mol. The molecule has 1 aliphatic heterocycles. The Kier molecular flexibility index (Phi) is 4.40. The first-order chi connectivity index (χ1) is 8.16. The van der Waals surface area contributed by atoms with E-state index in [1.807, 2.05) is 0 Å². The molecule has 17 heavy (non-hydrogen) atoms. The molecule has 1 heterocycles. The van der Waals surface area contributed by atoms with E-state index < -0.39 is 5.97 Å². The SMILES string of the molecule is CC1OCCC1NCC1CCC(C(=O)O)CC1. The van der Waals surface area contributed by atoms with Gasteiger partial charge in [0, 0.05) is 12.6 Å². The van der Waals surface area contributed by atoms with Crippen LogP contribution in [0.4, 0.5) is 0 Å². The van der Waals surface area contributed by atoms with E-state index in [0.29, 0.717) is 18.1 Å². The van der Waals surface area contributed by atoms with Crippen LogP contribution in [0, 0.1) is 11.8 Å². The van der Waals surface area contributed by atoms with E-state index in [2.05, 4.69) is 12.2 Å². The van der Waals surface area contributed by atoms with E-state index in [-0.39, 0.29) is 5.92 Å². The van der Waals surface area contributed by atoms with Crippen LogP contribution in [0.2, 0.25) is 0 Å². The standard InChI is InChI=1S/C13H23NO3/c1-9-12(6-7-17-9)14-8-10-2-4-11(5-3-10)13(15)16/h9-12,14H,2-8H2,1H3,(H,15,16). The third-order valence-corrected chi connectivity index (χ3v) is 4.24. The zero-order valence-corrected chi connectivity index (χ0v) is 10.5. The van der Waals surface area contributed by atoms with Gasteiger partial charge in [-0.2, -0.15) is 0 Å². The van der Waals surface area contributed by atoms with Crippen molar-refractivity contribution in [2.75, 3.05) is 13.2 Å². The monoisotopic (exact) mass is 241 g/mol. The number of carboxylic acids is 1. The summed E-state index contributed by atoms with van der Waals surface area (Å²) in [5.41, 5.74) is 0. The highest BCUT2D eigenvalue weighted by Crippen LogP contribution is 2.28. The fourth-order valence-corrected chi connectivity index (χ4v) is 2.93. The fraction of sp³-hybridized carbons (Fsp3) is 0.923. The molecule has 1 saturated carbocycles. The lowest BCUT2D eigenvalue weighted by Gasteiger charge is -2.28. The number of carbonyl (C=O) groups is 1. The highest BCUT2D eigenvalue weighted by molar-refractivity contribution is 5.69. The molecule has 4 heteroatoms. The molecule has 2 unspecified atom stereocenters. The first-order valence-corrected chi connectivity index (χ1v) is 6.74. The van der Waals surface area contributed by atoms with Crippen LogP contribution in [0.25, 0.3) is 0 Å². The summed E-state index contributed by atoms with van der Waals surface area (Å²) in [5, 5.41) is 12.5. The molecule has 1 saturated heterocycles. The molecule has 0 aromatic heterocycles. The molecule has 0 aromatic carbocycles. The summed E-state index contributed by atoms with van der Waals surface area (Å²) in [5.74, 6) is -0.0624. The third-order valence-electron chi connectivity index (χ3n) is 4.24. The molecule has 1 aliphatic carbocycles. The lowest BCUT2D eigenvalue weighted by atomic mass is 9.82. The van der Waals surface area contributed by atoms with Gasteiger partial charge in [-0.3, -0.25) is 4.79 Å². The van der Waals surface area contributed by atoms with Crippen LogP contribution < -0.4 is 5.32 Å². The minimum absolute atomic E-state index is 0.0972. The van der Waals surface area contributed by atoms with Gasteiger partial charge >= 0.3 is 5.97 Å². The second kappa shape index (κ2) is 5.83. The van der Waals surface area contributed by atoms with E-state index in [9.17, 15) is 4.79 Å². The fourth-order valence-electron chi connectivity index (χ4n) is 2.93. The largest absolute Gasteiger partial charge is 0.481 e. The second-order valence-electron chi connectivity index (χ2n) is 5.44. The number of aliphatic carboxylic acids is 1. The molecule has 2 aliphatic rings. The summed E-state index contributed by atoms with van der Waals surface area (Å²) in [6.07, 6.45) is 5.21. The molecule has 0 amide bonds. The molecule has 0 bridgehead atoms. The molecule has 2 N–H and O–H groups in total. The van der Waals surface area contributed by atoms with E-state index in [4.69, 9.17) is 9.84 Å².